The van der Waals surface area contributed by atoms with E-state index in [4.69, 9.17) is 0 Å². The lowest BCUT2D eigenvalue weighted by molar-refractivity contribution is 0.581. The van der Waals surface area contributed by atoms with Gasteiger partial charge < -0.3 is 0 Å². The minimum absolute atomic E-state index is 0.299. The zero-order valence-corrected chi connectivity index (χ0v) is 12.8. The van der Waals surface area contributed by atoms with E-state index >= 15 is 0 Å². The van der Waals surface area contributed by atoms with Crippen LogP contribution in [0.4, 0.5) is 0 Å². The van der Waals surface area contributed by atoms with Crippen LogP contribution in [0.2, 0.25) is 0 Å². The molecule has 1 N–H and O–H groups in total. The molecule has 0 amide bonds. The van der Waals surface area contributed by atoms with Gasteiger partial charge in [0.2, 0.25) is 10.0 Å². The topological polar surface area (TPSA) is 46.2 Å². The van der Waals surface area contributed by atoms with Crippen molar-refractivity contribution in [3.63, 3.8) is 0 Å². The molecule has 0 aliphatic rings. The average molecular weight is 301 g/mol. The van der Waals surface area contributed by atoms with Crippen LogP contribution in [0.15, 0.2) is 65.6 Å². The molecule has 110 valence electrons. The molecule has 0 radical (unpaired) electrons. The van der Waals surface area contributed by atoms with Crippen LogP contribution in [0.1, 0.15) is 18.1 Å². The van der Waals surface area contributed by atoms with Gasteiger partial charge in [0.25, 0.3) is 0 Å². The highest BCUT2D eigenvalue weighted by Crippen LogP contribution is 2.09. The lowest BCUT2D eigenvalue weighted by atomic mass is 10.1. The number of hydrogen-bond acceptors (Lipinski definition) is 2. The monoisotopic (exact) mass is 301 g/mol. The van der Waals surface area contributed by atoms with Gasteiger partial charge in [-0.3, -0.25) is 0 Å². The van der Waals surface area contributed by atoms with Gasteiger partial charge in [-0.25, -0.2) is 13.1 Å². The molecule has 0 unspecified atom stereocenters. The molecule has 2 rings (SSSR count). The fraction of sp³-hybridized carbons (Fsp3) is 0.176. The maximum Gasteiger partial charge on any atom is 0.240 e. The highest BCUT2D eigenvalue weighted by molar-refractivity contribution is 7.89. The predicted molar refractivity (Wildman–Crippen MR) is 86.5 cm³/mol. The third-order valence-corrected chi connectivity index (χ3v) is 4.58. The molecule has 3 nitrogen and oxygen atoms in total. The summed E-state index contributed by atoms with van der Waals surface area (Å²) in [6.07, 6.45) is 4.69. The summed E-state index contributed by atoms with van der Waals surface area (Å²) in [5.74, 6) is 0. The van der Waals surface area contributed by atoms with Crippen LogP contribution in [0.25, 0.3) is 6.08 Å². The summed E-state index contributed by atoms with van der Waals surface area (Å²) in [7, 11) is -3.41. The van der Waals surface area contributed by atoms with Crippen LogP contribution in [0, 0.1) is 0 Å². The second-order valence-corrected chi connectivity index (χ2v) is 6.47. The molecular formula is C17H19NO2S. The summed E-state index contributed by atoms with van der Waals surface area (Å²) in [5, 5.41) is 0. The van der Waals surface area contributed by atoms with Crippen LogP contribution < -0.4 is 4.72 Å². The second kappa shape index (κ2) is 7.20. The Hall–Kier alpha value is -1.91. The normalized spacial score (nSPS) is 11.9. The molecule has 0 aliphatic heterocycles. The Bertz CT molecular complexity index is 689. The van der Waals surface area contributed by atoms with Crippen molar-refractivity contribution < 1.29 is 8.42 Å². The van der Waals surface area contributed by atoms with Gasteiger partial charge in [0.1, 0.15) is 0 Å². The predicted octanol–water partition coefficient (Wildman–Crippen LogP) is 3.24. The standard InChI is InChI=1S/C17H19NO2S/c1-2-6-15-9-11-16(12-10-15)13-14-18-21(19,20)17-7-4-3-5-8-17/h2-12,18H,13-14H2,1H3/b6-2-. The first-order valence-electron chi connectivity index (χ1n) is 6.88. The van der Waals surface area contributed by atoms with Crippen LogP contribution in [-0.2, 0) is 16.4 Å². The first-order valence-corrected chi connectivity index (χ1v) is 8.36. The molecule has 0 spiro atoms. The van der Waals surface area contributed by atoms with Crippen molar-refractivity contribution in [2.45, 2.75) is 18.2 Å². The van der Waals surface area contributed by atoms with Crippen molar-refractivity contribution in [3.8, 4) is 0 Å². The van der Waals surface area contributed by atoms with Crippen LogP contribution in [-0.4, -0.2) is 15.0 Å². The van der Waals surface area contributed by atoms with Gasteiger partial charge in [0.05, 0.1) is 4.90 Å². The molecule has 0 aliphatic carbocycles. The van der Waals surface area contributed by atoms with Crippen LogP contribution >= 0.6 is 0 Å². The van der Waals surface area contributed by atoms with Crippen molar-refractivity contribution in [2.24, 2.45) is 0 Å². The Morgan fingerprint density at radius 3 is 2.29 bits per heavy atom. The van der Waals surface area contributed by atoms with Gasteiger partial charge in [-0.1, -0.05) is 54.6 Å². The Morgan fingerprint density at radius 2 is 1.67 bits per heavy atom. The Kier molecular flexibility index (Phi) is 5.31. The molecule has 0 heterocycles. The van der Waals surface area contributed by atoms with E-state index in [1.165, 1.54) is 0 Å². The maximum atomic E-state index is 12.0. The van der Waals surface area contributed by atoms with Gasteiger partial charge in [0, 0.05) is 6.54 Å². The summed E-state index contributed by atoms with van der Waals surface area (Å²) < 4.78 is 26.7. The summed E-state index contributed by atoms with van der Waals surface area (Å²) in [6.45, 7) is 2.37. The van der Waals surface area contributed by atoms with Crippen molar-refractivity contribution in [1.82, 2.24) is 4.72 Å². The fourth-order valence-corrected chi connectivity index (χ4v) is 3.05. The minimum atomic E-state index is -3.41. The number of hydrogen-bond donors (Lipinski definition) is 1. The summed E-state index contributed by atoms with van der Waals surface area (Å²) in [5.41, 5.74) is 2.25. The van der Waals surface area contributed by atoms with Crippen molar-refractivity contribution >= 4 is 16.1 Å². The largest absolute Gasteiger partial charge is 0.240 e. The highest BCUT2D eigenvalue weighted by atomic mass is 32.2. The van der Waals surface area contributed by atoms with Crippen molar-refractivity contribution in [1.29, 1.82) is 0 Å². The molecule has 0 aromatic heterocycles. The van der Waals surface area contributed by atoms with E-state index in [0.29, 0.717) is 17.9 Å². The van der Waals surface area contributed by atoms with Gasteiger partial charge >= 0.3 is 0 Å². The number of rotatable bonds is 6. The molecule has 4 heteroatoms. The van der Waals surface area contributed by atoms with E-state index < -0.39 is 10.0 Å². The van der Waals surface area contributed by atoms with E-state index in [9.17, 15) is 8.42 Å². The zero-order valence-electron chi connectivity index (χ0n) is 12.0. The van der Waals surface area contributed by atoms with Gasteiger partial charge in [-0.05, 0) is 36.6 Å². The molecule has 0 atom stereocenters. The average Bonchev–Trinajstić information content (AvgIpc) is 2.50. The van der Waals surface area contributed by atoms with E-state index in [1.54, 1.807) is 30.3 Å². The fourth-order valence-electron chi connectivity index (χ4n) is 2.00. The summed E-state index contributed by atoms with van der Waals surface area (Å²) >= 11 is 0. The molecule has 0 saturated carbocycles. The lowest BCUT2D eigenvalue weighted by Gasteiger charge is -2.07. The van der Waals surface area contributed by atoms with E-state index in [0.717, 1.165) is 11.1 Å². The number of sulfonamides is 1. The van der Waals surface area contributed by atoms with Gasteiger partial charge in [0.15, 0.2) is 0 Å². The van der Waals surface area contributed by atoms with Crippen LogP contribution in [0.3, 0.4) is 0 Å². The first-order chi connectivity index (χ1) is 10.1. The minimum Gasteiger partial charge on any atom is -0.211 e. The third-order valence-electron chi connectivity index (χ3n) is 3.10. The zero-order chi connectivity index (χ0) is 15.1. The quantitative estimate of drug-likeness (QED) is 0.890. The Morgan fingerprint density at radius 1 is 1.00 bits per heavy atom. The lowest BCUT2D eigenvalue weighted by Crippen LogP contribution is -2.25. The molecule has 0 fully saturated rings. The molecule has 0 bridgehead atoms. The molecule has 2 aromatic rings. The Labute approximate surface area is 126 Å². The smallest absolute Gasteiger partial charge is 0.211 e. The van der Waals surface area contributed by atoms with E-state index in [-0.39, 0.29) is 0 Å². The summed E-state index contributed by atoms with van der Waals surface area (Å²) in [6, 6.07) is 16.5. The van der Waals surface area contributed by atoms with Gasteiger partial charge in [-0.2, -0.15) is 0 Å². The molecule has 2 aromatic carbocycles. The number of benzene rings is 2. The Balaban J connectivity index is 1.92. The van der Waals surface area contributed by atoms with Gasteiger partial charge in [-0.15, -0.1) is 0 Å². The SMILES string of the molecule is C/C=C\c1ccc(CCNS(=O)(=O)c2ccccc2)cc1. The number of nitrogens with one attached hydrogen (secondary N) is 1. The van der Waals surface area contributed by atoms with E-state index in [2.05, 4.69) is 4.72 Å². The first kappa shape index (κ1) is 15.5. The van der Waals surface area contributed by atoms with Crippen LogP contribution in [0.5, 0.6) is 0 Å². The second-order valence-electron chi connectivity index (χ2n) is 4.70. The maximum absolute atomic E-state index is 12.0. The molecule has 21 heavy (non-hydrogen) atoms. The molecule has 0 saturated heterocycles. The van der Waals surface area contributed by atoms with Crippen molar-refractivity contribution in [2.75, 3.05) is 6.54 Å². The number of allylic oxidation sites excluding steroid dienone is 1. The van der Waals surface area contributed by atoms with E-state index in [1.807, 2.05) is 43.3 Å². The molecular weight excluding hydrogens is 282 g/mol. The van der Waals surface area contributed by atoms with Crippen molar-refractivity contribution in [3.05, 3.63) is 71.8 Å². The third kappa shape index (κ3) is 4.55. The highest BCUT2D eigenvalue weighted by Gasteiger charge is 2.11. The summed E-state index contributed by atoms with van der Waals surface area (Å²) in [4.78, 5) is 0.299.